The maximum absolute atomic E-state index is 12.6. The SMILES string of the molecule is CCOc1ccccc1CNC(=O)c1ccc2c(c1)CCN2C(=O)C1CC1. The zero-order chi connectivity index (χ0) is 18.8. The molecule has 1 aliphatic carbocycles. The fraction of sp³-hybridized carbons (Fsp3) is 0.364. The fourth-order valence-corrected chi connectivity index (χ4v) is 3.55. The van der Waals surface area contributed by atoms with E-state index < -0.39 is 0 Å². The molecule has 4 rings (SSSR count). The smallest absolute Gasteiger partial charge is 0.251 e. The number of hydrogen-bond donors (Lipinski definition) is 1. The Kier molecular flexibility index (Phi) is 4.84. The van der Waals surface area contributed by atoms with Crippen molar-refractivity contribution in [2.45, 2.75) is 32.7 Å². The van der Waals surface area contributed by atoms with Crippen molar-refractivity contribution in [3.63, 3.8) is 0 Å². The summed E-state index contributed by atoms with van der Waals surface area (Å²) in [6.07, 6.45) is 2.82. The van der Waals surface area contributed by atoms with Crippen molar-refractivity contribution in [2.75, 3.05) is 18.1 Å². The van der Waals surface area contributed by atoms with Gasteiger partial charge < -0.3 is 15.0 Å². The van der Waals surface area contributed by atoms with Gasteiger partial charge in [-0.05, 0) is 56.0 Å². The molecule has 140 valence electrons. The second-order valence-electron chi connectivity index (χ2n) is 7.08. The number of benzene rings is 2. The van der Waals surface area contributed by atoms with Crippen molar-refractivity contribution in [1.29, 1.82) is 0 Å². The van der Waals surface area contributed by atoms with Gasteiger partial charge in [0.05, 0.1) is 6.61 Å². The van der Waals surface area contributed by atoms with Crippen LogP contribution in [0.4, 0.5) is 5.69 Å². The minimum Gasteiger partial charge on any atom is -0.494 e. The quantitative estimate of drug-likeness (QED) is 0.855. The highest BCUT2D eigenvalue weighted by Gasteiger charge is 2.36. The van der Waals surface area contributed by atoms with Crippen molar-refractivity contribution in [2.24, 2.45) is 5.92 Å². The molecule has 2 aliphatic rings. The van der Waals surface area contributed by atoms with Crippen molar-refractivity contribution >= 4 is 17.5 Å². The van der Waals surface area contributed by atoms with Gasteiger partial charge in [-0.15, -0.1) is 0 Å². The number of carbonyl (C=O) groups excluding carboxylic acids is 2. The predicted molar refractivity (Wildman–Crippen MR) is 104 cm³/mol. The van der Waals surface area contributed by atoms with Crippen LogP contribution in [0.5, 0.6) is 5.75 Å². The van der Waals surface area contributed by atoms with E-state index in [-0.39, 0.29) is 17.7 Å². The highest BCUT2D eigenvalue weighted by atomic mass is 16.5. The molecule has 0 unspecified atom stereocenters. The van der Waals surface area contributed by atoms with Gasteiger partial charge >= 0.3 is 0 Å². The third kappa shape index (κ3) is 3.68. The van der Waals surface area contributed by atoms with E-state index in [0.717, 1.165) is 48.4 Å². The van der Waals surface area contributed by atoms with Crippen LogP contribution in [0, 0.1) is 5.92 Å². The van der Waals surface area contributed by atoms with E-state index in [4.69, 9.17) is 4.74 Å². The number of nitrogens with zero attached hydrogens (tertiary/aromatic N) is 1. The molecule has 0 saturated heterocycles. The Morgan fingerprint density at radius 3 is 2.78 bits per heavy atom. The van der Waals surface area contributed by atoms with Crippen molar-refractivity contribution in [3.05, 3.63) is 59.2 Å². The van der Waals surface area contributed by atoms with Crippen LogP contribution < -0.4 is 15.0 Å². The predicted octanol–water partition coefficient (Wildman–Crippen LogP) is 3.31. The van der Waals surface area contributed by atoms with Gasteiger partial charge in [0.1, 0.15) is 5.75 Å². The number of amides is 2. The summed E-state index contributed by atoms with van der Waals surface area (Å²) in [7, 11) is 0. The zero-order valence-electron chi connectivity index (χ0n) is 15.5. The number of nitrogens with one attached hydrogen (secondary N) is 1. The molecule has 1 aliphatic heterocycles. The third-order valence-corrected chi connectivity index (χ3v) is 5.14. The molecule has 2 aromatic carbocycles. The molecule has 5 nitrogen and oxygen atoms in total. The van der Waals surface area contributed by atoms with Gasteiger partial charge in [-0.2, -0.15) is 0 Å². The van der Waals surface area contributed by atoms with Gasteiger partial charge in [0.25, 0.3) is 5.91 Å². The first-order valence-electron chi connectivity index (χ1n) is 9.60. The lowest BCUT2D eigenvalue weighted by Gasteiger charge is -2.17. The van der Waals surface area contributed by atoms with Gasteiger partial charge in [-0.1, -0.05) is 18.2 Å². The molecule has 27 heavy (non-hydrogen) atoms. The Hall–Kier alpha value is -2.82. The van der Waals surface area contributed by atoms with E-state index >= 15 is 0 Å². The Balaban J connectivity index is 1.44. The molecule has 1 fully saturated rings. The van der Waals surface area contributed by atoms with Crippen LogP contribution in [0.15, 0.2) is 42.5 Å². The summed E-state index contributed by atoms with van der Waals surface area (Å²) in [5.41, 5.74) is 3.62. The Bertz CT molecular complexity index is 874. The first kappa shape index (κ1) is 17.6. The Morgan fingerprint density at radius 2 is 2.00 bits per heavy atom. The first-order valence-corrected chi connectivity index (χ1v) is 9.60. The zero-order valence-corrected chi connectivity index (χ0v) is 15.5. The van der Waals surface area contributed by atoms with Crippen LogP contribution in [0.25, 0.3) is 0 Å². The number of fused-ring (bicyclic) bond motifs is 1. The molecular formula is C22H24N2O3. The van der Waals surface area contributed by atoms with Crippen LogP contribution in [0.3, 0.4) is 0 Å². The van der Waals surface area contributed by atoms with E-state index in [1.165, 1.54) is 0 Å². The Morgan fingerprint density at radius 1 is 1.19 bits per heavy atom. The fourth-order valence-electron chi connectivity index (χ4n) is 3.55. The molecule has 1 heterocycles. The summed E-state index contributed by atoms with van der Waals surface area (Å²) < 4.78 is 5.61. The summed E-state index contributed by atoms with van der Waals surface area (Å²) in [6, 6.07) is 13.4. The highest BCUT2D eigenvalue weighted by molar-refractivity contribution is 6.00. The van der Waals surface area contributed by atoms with Crippen LogP contribution in [0.2, 0.25) is 0 Å². The lowest BCUT2D eigenvalue weighted by atomic mass is 10.1. The van der Waals surface area contributed by atoms with E-state index in [1.54, 1.807) is 6.07 Å². The topological polar surface area (TPSA) is 58.6 Å². The molecule has 0 bridgehead atoms. The summed E-state index contributed by atoms with van der Waals surface area (Å²) in [5.74, 6) is 1.13. The lowest BCUT2D eigenvalue weighted by Crippen LogP contribution is -2.30. The Labute approximate surface area is 159 Å². The highest BCUT2D eigenvalue weighted by Crippen LogP contribution is 2.36. The van der Waals surface area contributed by atoms with Gasteiger partial charge in [0, 0.05) is 35.8 Å². The molecule has 5 heteroatoms. The minimum atomic E-state index is -0.115. The average Bonchev–Trinajstić information content (AvgIpc) is 3.46. The summed E-state index contributed by atoms with van der Waals surface area (Å²) in [4.78, 5) is 26.8. The molecule has 2 amide bonds. The third-order valence-electron chi connectivity index (χ3n) is 5.14. The maximum Gasteiger partial charge on any atom is 0.251 e. The normalized spacial score (nSPS) is 15.4. The van der Waals surface area contributed by atoms with E-state index in [9.17, 15) is 9.59 Å². The second-order valence-corrected chi connectivity index (χ2v) is 7.08. The van der Waals surface area contributed by atoms with Gasteiger partial charge in [0.15, 0.2) is 0 Å². The first-order chi connectivity index (χ1) is 13.2. The van der Waals surface area contributed by atoms with E-state index in [2.05, 4.69) is 5.32 Å². The number of para-hydroxylation sites is 1. The molecule has 0 atom stereocenters. The molecular weight excluding hydrogens is 340 g/mol. The largest absolute Gasteiger partial charge is 0.494 e. The number of rotatable bonds is 6. The molecule has 0 aromatic heterocycles. The maximum atomic E-state index is 12.6. The van der Waals surface area contributed by atoms with Gasteiger partial charge in [-0.3, -0.25) is 9.59 Å². The number of anilines is 1. The average molecular weight is 364 g/mol. The van der Waals surface area contributed by atoms with Crippen LogP contribution >= 0.6 is 0 Å². The van der Waals surface area contributed by atoms with E-state index in [1.807, 2.05) is 48.2 Å². The molecule has 0 radical (unpaired) electrons. The van der Waals surface area contributed by atoms with Crippen molar-refractivity contribution in [3.8, 4) is 5.75 Å². The summed E-state index contributed by atoms with van der Waals surface area (Å²) in [6.45, 7) is 3.67. The van der Waals surface area contributed by atoms with Crippen LogP contribution in [-0.4, -0.2) is 25.0 Å². The molecule has 1 saturated carbocycles. The molecule has 1 N–H and O–H groups in total. The van der Waals surface area contributed by atoms with Crippen LogP contribution in [-0.2, 0) is 17.8 Å². The summed E-state index contributed by atoms with van der Waals surface area (Å²) in [5, 5.41) is 2.97. The minimum absolute atomic E-state index is 0.115. The summed E-state index contributed by atoms with van der Waals surface area (Å²) >= 11 is 0. The molecule has 0 spiro atoms. The van der Waals surface area contributed by atoms with E-state index in [0.29, 0.717) is 18.7 Å². The van der Waals surface area contributed by atoms with Gasteiger partial charge in [-0.25, -0.2) is 0 Å². The monoisotopic (exact) mass is 364 g/mol. The van der Waals surface area contributed by atoms with Crippen molar-refractivity contribution < 1.29 is 14.3 Å². The standard InChI is InChI=1S/C22H24N2O3/c1-2-27-20-6-4-3-5-18(20)14-23-21(25)17-9-10-19-16(13-17)11-12-24(19)22(26)15-7-8-15/h3-6,9-10,13,15H,2,7-8,11-12,14H2,1H3,(H,23,25). The lowest BCUT2D eigenvalue weighted by molar-refractivity contribution is -0.119. The molecule has 2 aromatic rings. The van der Waals surface area contributed by atoms with Gasteiger partial charge in [0.2, 0.25) is 5.91 Å². The second kappa shape index (κ2) is 7.43. The number of ether oxygens (including phenoxy) is 1. The number of carbonyl (C=O) groups is 2. The van der Waals surface area contributed by atoms with Crippen LogP contribution in [0.1, 0.15) is 41.3 Å². The number of hydrogen-bond acceptors (Lipinski definition) is 3. The van der Waals surface area contributed by atoms with Crippen molar-refractivity contribution in [1.82, 2.24) is 5.32 Å².